The van der Waals surface area contributed by atoms with Gasteiger partial charge < -0.3 is 14.9 Å². The first-order chi connectivity index (χ1) is 13.4. The Bertz CT molecular complexity index is 1250. The van der Waals surface area contributed by atoms with Gasteiger partial charge in [0, 0.05) is 18.1 Å². The summed E-state index contributed by atoms with van der Waals surface area (Å²) in [6.45, 7) is 2.02. The number of anilines is 2. The molecule has 0 atom stereocenters. The molecule has 2 aromatic carbocycles. The molecule has 0 fully saturated rings. The summed E-state index contributed by atoms with van der Waals surface area (Å²) in [6, 6.07) is 10.9. The molecule has 140 valence electrons. The highest BCUT2D eigenvalue weighted by molar-refractivity contribution is 6.30. The second-order valence-corrected chi connectivity index (χ2v) is 6.71. The molecule has 0 aliphatic heterocycles. The number of aromatic nitrogens is 3. The second-order valence-electron chi connectivity index (χ2n) is 6.31. The summed E-state index contributed by atoms with van der Waals surface area (Å²) in [5, 5.41) is 3.83. The summed E-state index contributed by atoms with van der Waals surface area (Å²) in [5.41, 5.74) is 2.08. The fraction of sp³-hybridized carbons (Fsp3) is 0.100. The van der Waals surface area contributed by atoms with E-state index in [0.717, 1.165) is 22.7 Å². The largest absolute Gasteiger partial charge is 0.325 e. The van der Waals surface area contributed by atoms with Gasteiger partial charge >= 0.3 is 5.56 Å². The van der Waals surface area contributed by atoms with Crippen molar-refractivity contribution in [2.45, 2.75) is 13.5 Å². The standard InChI is InChI=1S/C20H13ClF2N4O/c1-11-6-18-13(4-5-24-18)8-17(11)25-20-26-19(28)16(23)10-27(20)9-12-2-3-15(22)14(21)7-12/h2-3,6-8,10,24H,9H2,1H3,(H,25,26,28). The van der Waals surface area contributed by atoms with Crippen LogP contribution in [0.25, 0.3) is 10.9 Å². The Hall–Kier alpha value is -3.37. The van der Waals surface area contributed by atoms with E-state index in [1.165, 1.54) is 22.8 Å². The molecule has 2 aromatic heterocycles. The van der Waals surface area contributed by atoms with E-state index in [2.05, 4.69) is 27.5 Å². The molecule has 0 saturated carbocycles. The van der Waals surface area contributed by atoms with Crippen molar-refractivity contribution in [1.82, 2.24) is 14.5 Å². The van der Waals surface area contributed by atoms with E-state index < -0.39 is 17.2 Å². The van der Waals surface area contributed by atoms with Gasteiger partial charge in [-0.3, -0.25) is 4.79 Å². The summed E-state index contributed by atoms with van der Waals surface area (Å²) < 4.78 is 28.7. The number of nitrogens with one attached hydrogen (secondary N) is 2. The Balaban J connectivity index is 1.74. The average molecular weight is 399 g/mol. The maximum atomic E-state index is 13.9. The SMILES string of the molecule is Cc1cc2[nH]c#cc2cc1Nc1nc(=O)c(F)cn1Cc1ccc(F)c(Cl)c1. The molecule has 4 rings (SSSR count). The van der Waals surface area contributed by atoms with Crippen molar-refractivity contribution in [2.75, 3.05) is 5.32 Å². The molecule has 8 heteroatoms. The number of nitrogens with zero attached hydrogens (tertiary/aromatic N) is 2. The molecule has 5 nitrogen and oxygen atoms in total. The first kappa shape index (κ1) is 18.0. The molecule has 0 radical (unpaired) electrons. The number of hydrogen-bond donors (Lipinski definition) is 2. The van der Waals surface area contributed by atoms with Gasteiger partial charge in [0.2, 0.25) is 11.8 Å². The molecule has 2 heterocycles. The van der Waals surface area contributed by atoms with Crippen LogP contribution in [0, 0.1) is 30.8 Å². The van der Waals surface area contributed by atoms with Crippen LogP contribution >= 0.6 is 11.6 Å². The van der Waals surface area contributed by atoms with Gasteiger partial charge in [0.05, 0.1) is 22.5 Å². The van der Waals surface area contributed by atoms with Gasteiger partial charge in [-0.1, -0.05) is 17.7 Å². The first-order valence-corrected chi connectivity index (χ1v) is 8.68. The normalized spacial score (nSPS) is 10.9. The lowest BCUT2D eigenvalue weighted by molar-refractivity contribution is 0.578. The molecule has 0 aliphatic carbocycles. The third kappa shape index (κ3) is 3.42. The van der Waals surface area contributed by atoms with E-state index in [-0.39, 0.29) is 17.5 Å². The Kier molecular flexibility index (Phi) is 4.49. The maximum Gasteiger partial charge on any atom is 0.310 e. The molecule has 0 saturated heterocycles. The Morgan fingerprint density at radius 1 is 1.25 bits per heavy atom. The van der Waals surface area contributed by atoms with E-state index in [1.807, 2.05) is 19.1 Å². The summed E-state index contributed by atoms with van der Waals surface area (Å²) in [4.78, 5) is 18.5. The van der Waals surface area contributed by atoms with Crippen molar-refractivity contribution in [3.63, 3.8) is 0 Å². The van der Waals surface area contributed by atoms with E-state index in [9.17, 15) is 13.6 Å². The molecule has 0 bridgehead atoms. The topological polar surface area (TPSA) is 62.7 Å². The maximum absolute atomic E-state index is 13.9. The van der Waals surface area contributed by atoms with Gasteiger partial charge in [-0.25, -0.2) is 4.39 Å². The summed E-state index contributed by atoms with van der Waals surface area (Å²) in [6.07, 6.45) is 3.84. The Labute approximate surface area is 163 Å². The van der Waals surface area contributed by atoms with Gasteiger partial charge in [-0.15, -0.1) is 0 Å². The van der Waals surface area contributed by atoms with Crippen LogP contribution in [0.5, 0.6) is 0 Å². The van der Waals surface area contributed by atoms with Crippen molar-refractivity contribution < 1.29 is 8.78 Å². The van der Waals surface area contributed by atoms with E-state index in [1.54, 1.807) is 0 Å². The number of aromatic amines is 1. The number of H-pyrrole nitrogens is 1. The second kappa shape index (κ2) is 6.98. The minimum atomic E-state index is -0.987. The van der Waals surface area contributed by atoms with Gasteiger partial charge in [0.1, 0.15) is 5.82 Å². The van der Waals surface area contributed by atoms with E-state index in [0.29, 0.717) is 11.3 Å². The zero-order valence-electron chi connectivity index (χ0n) is 14.6. The van der Waals surface area contributed by atoms with E-state index >= 15 is 0 Å². The van der Waals surface area contributed by atoms with Gasteiger partial charge in [0.15, 0.2) is 0 Å². The fourth-order valence-corrected chi connectivity index (χ4v) is 3.06. The van der Waals surface area contributed by atoms with Crippen molar-refractivity contribution in [3.05, 3.63) is 86.9 Å². The predicted molar refractivity (Wildman–Crippen MR) is 103 cm³/mol. The number of benzene rings is 2. The molecule has 0 spiro atoms. The highest BCUT2D eigenvalue weighted by Gasteiger charge is 2.12. The minimum absolute atomic E-state index is 0.0398. The number of aryl methyl sites for hydroxylation is 1. The molecule has 0 unspecified atom stereocenters. The first-order valence-electron chi connectivity index (χ1n) is 8.30. The van der Waals surface area contributed by atoms with Crippen molar-refractivity contribution in [1.29, 1.82) is 0 Å². The van der Waals surface area contributed by atoms with Crippen LogP contribution in [0.3, 0.4) is 0 Å². The molecule has 28 heavy (non-hydrogen) atoms. The summed E-state index contributed by atoms with van der Waals surface area (Å²) in [5.74, 6) is -1.38. The van der Waals surface area contributed by atoms with Crippen molar-refractivity contribution >= 4 is 34.1 Å². The highest BCUT2D eigenvalue weighted by Crippen LogP contribution is 2.24. The zero-order valence-corrected chi connectivity index (χ0v) is 15.4. The van der Waals surface area contributed by atoms with Crippen LogP contribution in [0.1, 0.15) is 11.1 Å². The average Bonchev–Trinajstić information content (AvgIpc) is 3.09. The van der Waals surface area contributed by atoms with Gasteiger partial charge in [-0.05, 0) is 48.4 Å². The summed E-state index contributed by atoms with van der Waals surface area (Å²) >= 11 is 5.82. The van der Waals surface area contributed by atoms with Crippen LogP contribution in [0.15, 0.2) is 41.3 Å². The van der Waals surface area contributed by atoms with Crippen molar-refractivity contribution in [3.8, 4) is 0 Å². The third-order valence-electron chi connectivity index (χ3n) is 4.30. The number of halogens is 3. The quantitative estimate of drug-likeness (QED) is 0.537. The number of rotatable bonds is 4. The Morgan fingerprint density at radius 2 is 2.07 bits per heavy atom. The molecular weight excluding hydrogens is 386 g/mol. The van der Waals surface area contributed by atoms with E-state index in [4.69, 9.17) is 11.6 Å². The molecule has 0 aliphatic rings. The zero-order chi connectivity index (χ0) is 19.8. The fourth-order valence-electron chi connectivity index (χ4n) is 2.86. The summed E-state index contributed by atoms with van der Waals surface area (Å²) in [7, 11) is 0. The lowest BCUT2D eigenvalue weighted by Gasteiger charge is -2.15. The minimum Gasteiger partial charge on any atom is -0.325 e. The van der Waals surface area contributed by atoms with Crippen LogP contribution in [0.4, 0.5) is 20.4 Å². The molecule has 0 amide bonds. The number of hydrogen-bond acceptors (Lipinski definition) is 3. The molecular formula is C20H13ClF2N4O. The lowest BCUT2D eigenvalue weighted by Crippen LogP contribution is -2.20. The van der Waals surface area contributed by atoms with Gasteiger partial charge in [0.25, 0.3) is 0 Å². The molecule has 2 N–H and O–H groups in total. The van der Waals surface area contributed by atoms with Crippen LogP contribution in [-0.4, -0.2) is 14.5 Å². The highest BCUT2D eigenvalue weighted by atomic mass is 35.5. The Morgan fingerprint density at radius 3 is 2.86 bits per heavy atom. The van der Waals surface area contributed by atoms with Gasteiger partial charge in [-0.2, -0.15) is 9.37 Å². The number of fused-ring (bicyclic) bond motifs is 1. The van der Waals surface area contributed by atoms with Crippen molar-refractivity contribution in [2.24, 2.45) is 0 Å². The smallest absolute Gasteiger partial charge is 0.310 e. The monoisotopic (exact) mass is 398 g/mol. The van der Waals surface area contributed by atoms with Crippen LogP contribution in [0.2, 0.25) is 5.02 Å². The van der Waals surface area contributed by atoms with Crippen LogP contribution in [-0.2, 0) is 6.54 Å². The van der Waals surface area contributed by atoms with Crippen LogP contribution < -0.4 is 10.9 Å². The third-order valence-corrected chi connectivity index (χ3v) is 4.58. The lowest BCUT2D eigenvalue weighted by atomic mass is 10.1. The molecule has 4 aromatic rings. The predicted octanol–water partition coefficient (Wildman–Crippen LogP) is 4.36.